The van der Waals surface area contributed by atoms with Gasteiger partial charge in [0, 0.05) is 12.6 Å². The molecule has 9 nitrogen and oxygen atoms in total. The number of nitriles is 1. The van der Waals surface area contributed by atoms with E-state index in [-0.39, 0.29) is 11.3 Å². The molecule has 0 aromatic heterocycles. The predicted molar refractivity (Wildman–Crippen MR) is 172 cm³/mol. The van der Waals surface area contributed by atoms with Crippen molar-refractivity contribution in [3.05, 3.63) is 23.2 Å². The molecule has 4 rings (SSSR count). The summed E-state index contributed by atoms with van der Waals surface area (Å²) in [5, 5.41) is 19.5. The highest BCUT2D eigenvalue weighted by Gasteiger charge is 2.70. The highest BCUT2D eigenvalue weighted by molar-refractivity contribution is 7.92. The van der Waals surface area contributed by atoms with Gasteiger partial charge < -0.3 is 14.7 Å². The quantitative estimate of drug-likeness (QED) is 0.130. The second-order valence-electron chi connectivity index (χ2n) is 13.3. The van der Waals surface area contributed by atoms with Gasteiger partial charge in [-0.25, -0.2) is 13.2 Å². The van der Waals surface area contributed by atoms with Gasteiger partial charge in [0.05, 0.1) is 21.2 Å². The average molecular weight is 760 g/mol. The first kappa shape index (κ1) is 41.6. The maximum absolute atomic E-state index is 13.4. The van der Waals surface area contributed by atoms with Crippen molar-refractivity contribution >= 4 is 33.3 Å². The van der Waals surface area contributed by atoms with Crippen molar-refractivity contribution in [2.45, 2.75) is 138 Å². The van der Waals surface area contributed by atoms with Crippen LogP contribution in [-0.4, -0.2) is 78.7 Å². The number of ether oxygens (including phenoxy) is 1. The van der Waals surface area contributed by atoms with Crippen LogP contribution in [0.15, 0.2) is 23.1 Å². The van der Waals surface area contributed by atoms with Crippen molar-refractivity contribution in [3.8, 4) is 11.8 Å². The third-order valence-electron chi connectivity index (χ3n) is 9.39. The predicted octanol–water partition coefficient (Wildman–Crippen LogP) is 7.61. The van der Waals surface area contributed by atoms with E-state index in [0.717, 1.165) is 44.5 Å². The van der Waals surface area contributed by atoms with Crippen LogP contribution in [0.3, 0.4) is 0 Å². The van der Waals surface area contributed by atoms with Crippen LogP contribution in [0.1, 0.15) is 97.3 Å². The van der Waals surface area contributed by atoms with E-state index in [1.54, 1.807) is 0 Å². The van der Waals surface area contributed by atoms with Crippen molar-refractivity contribution in [3.63, 3.8) is 0 Å². The van der Waals surface area contributed by atoms with Gasteiger partial charge in [-0.1, -0.05) is 63.5 Å². The number of nitrogens with zero attached hydrogens (tertiary/aromatic N) is 2. The van der Waals surface area contributed by atoms with E-state index in [1.165, 1.54) is 51.4 Å². The lowest BCUT2D eigenvalue weighted by Crippen LogP contribution is -2.48. The normalized spacial score (nSPS) is 21.4. The number of aliphatic carboxylic acids is 1. The van der Waals surface area contributed by atoms with Crippen LogP contribution in [0.2, 0.25) is 5.02 Å². The largest absolute Gasteiger partial charge is 0.481 e. The van der Waals surface area contributed by atoms with Crippen molar-refractivity contribution in [1.29, 1.82) is 5.26 Å². The van der Waals surface area contributed by atoms with Crippen LogP contribution >= 0.6 is 11.6 Å². The summed E-state index contributed by atoms with van der Waals surface area (Å²) in [4.78, 5) is 24.1. The second-order valence-corrected chi connectivity index (χ2v) is 15.9. The van der Waals surface area contributed by atoms with Gasteiger partial charge in [-0.2, -0.15) is 31.6 Å². The zero-order chi connectivity index (χ0) is 37.5. The number of benzene rings is 1. The molecule has 3 fully saturated rings. The number of halogens is 7. The summed E-state index contributed by atoms with van der Waals surface area (Å²) in [6, 6.07) is 3.16. The molecule has 50 heavy (non-hydrogen) atoms. The van der Waals surface area contributed by atoms with Gasteiger partial charge in [0.25, 0.3) is 0 Å². The summed E-state index contributed by atoms with van der Waals surface area (Å²) in [6.45, 7) is 3.20. The van der Waals surface area contributed by atoms with Gasteiger partial charge in [-0.3, -0.25) is 10.1 Å². The molecule has 1 amide bonds. The number of nitrogens with one attached hydrogen (secondary N) is 1. The summed E-state index contributed by atoms with van der Waals surface area (Å²) >= 11 is 5.94. The summed E-state index contributed by atoms with van der Waals surface area (Å²) in [6.07, 6.45) is -0.611. The van der Waals surface area contributed by atoms with Gasteiger partial charge in [0.1, 0.15) is 22.7 Å². The molecule has 3 atom stereocenters. The first-order valence-electron chi connectivity index (χ1n) is 16.8. The van der Waals surface area contributed by atoms with E-state index in [0.29, 0.717) is 4.90 Å². The van der Waals surface area contributed by atoms with Crippen molar-refractivity contribution < 1.29 is 54.2 Å². The Labute approximate surface area is 293 Å². The van der Waals surface area contributed by atoms with E-state index in [4.69, 9.17) is 16.9 Å². The number of sulfone groups is 1. The minimum Gasteiger partial charge on any atom is -0.481 e. The fourth-order valence-electron chi connectivity index (χ4n) is 5.78. The Balaban J connectivity index is 0.000000354. The fraction of sp³-hybridized carbons (Fsp3) is 0.727. The molecule has 1 aliphatic heterocycles. The Hall–Kier alpha value is -2.77. The number of hydrogen-bond acceptors (Lipinski definition) is 7. The van der Waals surface area contributed by atoms with Crippen molar-refractivity contribution in [2.24, 2.45) is 5.41 Å². The third-order valence-corrected chi connectivity index (χ3v) is 12.0. The van der Waals surface area contributed by atoms with Crippen LogP contribution < -0.4 is 10.1 Å². The molecule has 0 radical (unpaired) electrons. The average Bonchev–Trinajstić information content (AvgIpc) is 3.95. The standard InChI is InChI=1S/C19H18ClF6NO6S.C14H26N2/c1-9(18(21,22)23)33-10-2-3-14(12(20)6-10)34(31,32)11-7-13(15(28)29)27(8-11)16(30)17(4-5-17)19(24,25)26;1-2-3-4-5-6-7-8-9-12-16-14(13-15)10-11-14/h2-3,6,9,11,13H,4-5,7-8H2,1H3,(H,28,29);16H,2-12H2,1H3/t9?,11-,13+;/m1./s1. The number of likely N-dealkylation sites (tertiary alicyclic amines) is 1. The van der Waals surface area contributed by atoms with Crippen molar-refractivity contribution in [1.82, 2.24) is 10.2 Å². The third kappa shape index (κ3) is 10.4. The van der Waals surface area contributed by atoms with Gasteiger partial charge in [-0.05, 0) is 64.1 Å². The van der Waals surface area contributed by atoms with Gasteiger partial charge in [-0.15, -0.1) is 0 Å². The lowest BCUT2D eigenvalue weighted by molar-refractivity contribution is -0.199. The van der Waals surface area contributed by atoms with Crippen LogP contribution in [0.4, 0.5) is 26.3 Å². The number of hydrogen-bond donors (Lipinski definition) is 2. The molecule has 2 N–H and O–H groups in total. The van der Waals surface area contributed by atoms with E-state index in [9.17, 15) is 49.5 Å². The van der Waals surface area contributed by atoms with Gasteiger partial charge in [0.15, 0.2) is 15.9 Å². The first-order valence-corrected chi connectivity index (χ1v) is 18.7. The van der Waals surface area contributed by atoms with Crippen LogP contribution in [0.5, 0.6) is 5.75 Å². The summed E-state index contributed by atoms with van der Waals surface area (Å²) in [5.41, 5.74) is -2.84. The molecule has 282 valence electrons. The van der Waals surface area contributed by atoms with Crippen LogP contribution in [0, 0.1) is 16.7 Å². The molecule has 3 aliphatic rings. The number of amides is 1. The Bertz CT molecular complexity index is 1490. The molecular formula is C33H44ClF6N3O6S. The number of unbranched alkanes of at least 4 members (excludes halogenated alkanes) is 7. The smallest absolute Gasteiger partial charge is 0.425 e. The second kappa shape index (κ2) is 16.7. The number of carbonyl (C=O) groups excluding carboxylic acids is 1. The molecule has 1 aromatic rings. The zero-order valence-corrected chi connectivity index (χ0v) is 29.6. The molecule has 2 saturated carbocycles. The molecule has 2 aliphatic carbocycles. The molecule has 17 heteroatoms. The number of alkyl halides is 6. The maximum Gasteiger partial charge on any atom is 0.425 e. The van der Waals surface area contributed by atoms with Crippen LogP contribution in [0.25, 0.3) is 0 Å². The molecule has 1 saturated heterocycles. The minimum atomic E-state index is -4.92. The topological polar surface area (TPSA) is 137 Å². The van der Waals surface area contributed by atoms with E-state index in [1.807, 2.05) is 0 Å². The van der Waals surface area contributed by atoms with Crippen molar-refractivity contribution in [2.75, 3.05) is 13.1 Å². The lowest BCUT2D eigenvalue weighted by Gasteiger charge is -2.28. The molecule has 1 aromatic carbocycles. The Morgan fingerprint density at radius 2 is 1.64 bits per heavy atom. The highest BCUT2D eigenvalue weighted by atomic mass is 35.5. The summed E-state index contributed by atoms with van der Waals surface area (Å²) in [5.74, 6) is -3.55. The molecule has 0 bridgehead atoms. The number of rotatable bonds is 16. The molecule has 0 spiro atoms. The van der Waals surface area contributed by atoms with Crippen LogP contribution in [-0.2, 0) is 19.4 Å². The van der Waals surface area contributed by atoms with E-state index >= 15 is 0 Å². The maximum atomic E-state index is 13.4. The molecule has 1 heterocycles. The van der Waals surface area contributed by atoms with E-state index in [2.05, 4.69) is 23.0 Å². The first-order chi connectivity index (χ1) is 23.2. The Morgan fingerprint density at radius 1 is 1.06 bits per heavy atom. The van der Waals surface area contributed by atoms with Gasteiger partial charge >= 0.3 is 18.3 Å². The summed E-state index contributed by atoms with van der Waals surface area (Å²) < 4.78 is 109. The van der Waals surface area contributed by atoms with E-state index < -0.39 is 92.6 Å². The zero-order valence-electron chi connectivity index (χ0n) is 28.0. The monoisotopic (exact) mass is 759 g/mol. The summed E-state index contributed by atoms with van der Waals surface area (Å²) in [7, 11) is -4.48. The molecular weight excluding hydrogens is 716 g/mol. The Morgan fingerprint density at radius 3 is 2.10 bits per heavy atom. The Kier molecular flexibility index (Phi) is 13.9. The number of carboxylic acid groups (broad SMARTS) is 1. The molecule has 1 unspecified atom stereocenters. The highest BCUT2D eigenvalue weighted by Crippen LogP contribution is 2.59. The van der Waals surface area contributed by atoms with Gasteiger partial charge in [0.2, 0.25) is 5.91 Å². The SMILES string of the molecule is CC(Oc1ccc(S(=O)(=O)[C@@H]2C[C@@H](C(=O)O)N(C(=O)C3(C(F)(F)F)CC3)C2)c(Cl)c1)C(F)(F)F.CCCCCCCCCCNC1(C#N)CC1. The fourth-order valence-corrected chi connectivity index (χ4v) is 8.01. The number of carbonyl (C=O) groups is 2. The minimum absolute atomic E-state index is 0.110. The lowest BCUT2D eigenvalue weighted by atomic mass is 10.0. The number of carboxylic acids is 1.